The molecule has 0 saturated carbocycles. The van der Waals surface area contributed by atoms with Crippen LogP contribution in [0.4, 0.5) is 9.59 Å². The fourth-order valence-corrected chi connectivity index (χ4v) is 5.38. The Morgan fingerprint density at radius 2 is 1.27 bits per heavy atom. The Bertz CT molecular complexity index is 1550. The molecule has 1 heterocycles. The van der Waals surface area contributed by atoms with Crippen LogP contribution < -0.4 is 15.4 Å². The maximum atomic E-state index is 12.9. The second kappa shape index (κ2) is 17.6. The summed E-state index contributed by atoms with van der Waals surface area (Å²) in [6.45, 7) is 13.0. The summed E-state index contributed by atoms with van der Waals surface area (Å²) in [6, 6.07) is 25.1. The van der Waals surface area contributed by atoms with E-state index in [0.717, 1.165) is 22.3 Å². The van der Waals surface area contributed by atoms with Crippen molar-refractivity contribution in [3.63, 3.8) is 0 Å². The van der Waals surface area contributed by atoms with Crippen molar-refractivity contribution in [1.82, 2.24) is 20.4 Å². The molecule has 0 aromatic heterocycles. The molecule has 51 heavy (non-hydrogen) atoms. The molecule has 12 heteroatoms. The van der Waals surface area contributed by atoms with Crippen LogP contribution in [0, 0.1) is 5.41 Å². The molecule has 0 fully saturated rings. The minimum absolute atomic E-state index is 0.0770. The molecule has 0 radical (unpaired) electrons. The quantitative estimate of drug-likeness (QED) is 0.0800. The van der Waals surface area contributed by atoms with Gasteiger partial charge in [-0.3, -0.25) is 10.2 Å². The maximum Gasteiger partial charge on any atom is 0.407 e. The molecule has 12 nitrogen and oxygen atoms in total. The number of amides is 2. The highest BCUT2D eigenvalue weighted by molar-refractivity contribution is 5.78. The van der Waals surface area contributed by atoms with E-state index in [1.54, 1.807) is 46.4 Å². The summed E-state index contributed by atoms with van der Waals surface area (Å²) < 4.78 is 22.6. The first-order valence-corrected chi connectivity index (χ1v) is 17.2. The number of nitrogens with zero attached hydrogens (tertiary/aromatic N) is 2. The second-order valence-corrected chi connectivity index (χ2v) is 14.2. The number of guanidine groups is 1. The molecule has 0 unspecified atom stereocenters. The topological polar surface area (TPSA) is 143 Å². The van der Waals surface area contributed by atoms with Crippen LogP contribution in [0.15, 0.2) is 78.9 Å². The van der Waals surface area contributed by atoms with E-state index in [2.05, 4.69) is 10.6 Å². The van der Waals surface area contributed by atoms with Gasteiger partial charge in [0.05, 0.1) is 13.0 Å². The van der Waals surface area contributed by atoms with Gasteiger partial charge in [-0.25, -0.2) is 9.59 Å². The van der Waals surface area contributed by atoms with E-state index >= 15 is 0 Å². The van der Waals surface area contributed by atoms with E-state index < -0.39 is 29.5 Å². The number of nitrogens with one attached hydrogen (secondary N) is 3. The van der Waals surface area contributed by atoms with Crippen LogP contribution in [-0.4, -0.2) is 77.9 Å². The first-order valence-electron chi connectivity index (χ1n) is 17.2. The molecule has 1 aliphatic heterocycles. The standard InChI is InChI=1S/C39H51N5O7/c1-38(2,3)50-36(46)41-20-22-43(23-21-42-37(47)51-39(4,5)6)35(40)44-26-30-17-18-32(25-31(30)27-44)48-24-19-33(45)49-34(28-13-9-7-10-14-28)29-15-11-8-12-16-29/h7-18,25,34,40H,19-24,26-27H2,1-6H3,(H,41,46)(H,42,47). The number of carbonyl (C=O) groups excluding carboxylic acids is 3. The molecule has 4 rings (SSSR count). The van der Waals surface area contributed by atoms with Gasteiger partial charge in [-0.1, -0.05) is 66.7 Å². The second-order valence-electron chi connectivity index (χ2n) is 14.2. The Morgan fingerprint density at radius 3 is 1.78 bits per heavy atom. The zero-order valence-corrected chi connectivity index (χ0v) is 30.5. The number of benzene rings is 3. The smallest absolute Gasteiger partial charge is 0.407 e. The van der Waals surface area contributed by atoms with Crippen molar-refractivity contribution in [2.24, 2.45) is 0 Å². The number of hydrogen-bond acceptors (Lipinski definition) is 8. The summed E-state index contributed by atoms with van der Waals surface area (Å²) in [4.78, 5) is 41.1. The van der Waals surface area contributed by atoms with E-state index in [0.29, 0.717) is 31.9 Å². The summed E-state index contributed by atoms with van der Waals surface area (Å²) in [5, 5.41) is 14.5. The highest BCUT2D eigenvalue weighted by Crippen LogP contribution is 2.29. The molecule has 0 atom stereocenters. The molecular weight excluding hydrogens is 650 g/mol. The Hall–Kier alpha value is -5.26. The number of rotatable bonds is 13. The summed E-state index contributed by atoms with van der Waals surface area (Å²) in [5.74, 6) is 0.508. The lowest BCUT2D eigenvalue weighted by Gasteiger charge is -2.31. The van der Waals surface area contributed by atoms with Gasteiger partial charge in [0.1, 0.15) is 17.0 Å². The van der Waals surface area contributed by atoms with E-state index in [1.807, 2.05) is 83.8 Å². The van der Waals surface area contributed by atoms with E-state index in [1.165, 1.54) is 0 Å². The van der Waals surface area contributed by atoms with Crippen molar-refractivity contribution in [3.05, 3.63) is 101 Å². The SMILES string of the molecule is CC(C)(C)OC(=O)NCCN(CCNC(=O)OC(C)(C)C)C(=N)N1Cc2ccc(OCCC(=O)OC(c3ccccc3)c3ccccc3)cc2C1. The van der Waals surface area contributed by atoms with Crippen molar-refractivity contribution >= 4 is 24.1 Å². The lowest BCUT2D eigenvalue weighted by Crippen LogP contribution is -2.48. The molecular formula is C39H51N5O7. The van der Waals surface area contributed by atoms with E-state index in [-0.39, 0.29) is 38.0 Å². The number of carbonyl (C=O) groups is 3. The van der Waals surface area contributed by atoms with E-state index in [4.69, 9.17) is 24.4 Å². The van der Waals surface area contributed by atoms with Crippen molar-refractivity contribution in [1.29, 1.82) is 5.41 Å². The van der Waals surface area contributed by atoms with Crippen LogP contribution in [-0.2, 0) is 32.1 Å². The van der Waals surface area contributed by atoms with Crippen LogP contribution in [0.1, 0.15) is 76.3 Å². The third-order valence-electron chi connectivity index (χ3n) is 7.63. The Balaban J connectivity index is 1.31. The van der Waals surface area contributed by atoms with Crippen LogP contribution in [0.25, 0.3) is 0 Å². The minimum Gasteiger partial charge on any atom is -0.493 e. The highest BCUT2D eigenvalue weighted by atomic mass is 16.6. The molecule has 0 spiro atoms. The van der Waals surface area contributed by atoms with Crippen LogP contribution in [0.3, 0.4) is 0 Å². The molecule has 2 amide bonds. The molecule has 1 aliphatic rings. The number of alkyl carbamates (subject to hydrolysis) is 2. The van der Waals surface area contributed by atoms with Crippen molar-refractivity contribution in [2.45, 2.75) is 78.4 Å². The molecule has 274 valence electrons. The van der Waals surface area contributed by atoms with Crippen LogP contribution >= 0.6 is 0 Å². The third-order valence-corrected chi connectivity index (χ3v) is 7.63. The van der Waals surface area contributed by atoms with Crippen LogP contribution in [0.2, 0.25) is 0 Å². The van der Waals surface area contributed by atoms with Gasteiger partial charge >= 0.3 is 18.2 Å². The van der Waals surface area contributed by atoms with Gasteiger partial charge in [-0.2, -0.15) is 0 Å². The van der Waals surface area contributed by atoms with Gasteiger partial charge in [0.25, 0.3) is 0 Å². The zero-order valence-electron chi connectivity index (χ0n) is 30.5. The summed E-state index contributed by atoms with van der Waals surface area (Å²) in [5.41, 5.74) is 2.59. The molecule has 3 aromatic rings. The lowest BCUT2D eigenvalue weighted by atomic mass is 10.0. The summed E-state index contributed by atoms with van der Waals surface area (Å²) >= 11 is 0. The normalized spacial score (nSPS) is 12.5. The van der Waals surface area contributed by atoms with Crippen LogP contribution in [0.5, 0.6) is 5.75 Å². The fourth-order valence-electron chi connectivity index (χ4n) is 5.38. The number of hydrogen-bond donors (Lipinski definition) is 3. The van der Waals surface area contributed by atoms with E-state index in [9.17, 15) is 14.4 Å². The molecule has 3 aromatic carbocycles. The largest absolute Gasteiger partial charge is 0.493 e. The van der Waals surface area contributed by atoms with Gasteiger partial charge in [0.15, 0.2) is 12.1 Å². The fraction of sp³-hybridized carbons (Fsp3) is 0.436. The van der Waals surface area contributed by atoms with Gasteiger partial charge in [-0.05, 0) is 75.9 Å². The molecule has 0 saturated heterocycles. The molecule has 3 N–H and O–H groups in total. The zero-order chi connectivity index (χ0) is 37.0. The van der Waals surface area contributed by atoms with Gasteiger partial charge < -0.3 is 39.4 Å². The van der Waals surface area contributed by atoms with Crippen molar-refractivity contribution < 1.29 is 33.3 Å². The number of fused-ring (bicyclic) bond motifs is 1. The summed E-state index contributed by atoms with van der Waals surface area (Å²) in [7, 11) is 0. The van der Waals surface area contributed by atoms with Crippen molar-refractivity contribution in [3.8, 4) is 5.75 Å². The van der Waals surface area contributed by atoms with Gasteiger partial charge in [-0.15, -0.1) is 0 Å². The van der Waals surface area contributed by atoms with Gasteiger partial charge in [0, 0.05) is 39.3 Å². The maximum absolute atomic E-state index is 12.9. The highest BCUT2D eigenvalue weighted by Gasteiger charge is 2.26. The predicted octanol–water partition coefficient (Wildman–Crippen LogP) is 6.39. The minimum atomic E-state index is -0.630. The molecule has 0 aliphatic carbocycles. The average Bonchev–Trinajstić information content (AvgIpc) is 3.49. The Labute approximate surface area is 300 Å². The average molecular weight is 702 g/mol. The first-order chi connectivity index (χ1) is 24.2. The Morgan fingerprint density at radius 1 is 0.765 bits per heavy atom. The lowest BCUT2D eigenvalue weighted by molar-refractivity contribution is -0.148. The number of esters is 1. The Kier molecular flexibility index (Phi) is 13.3. The van der Waals surface area contributed by atoms with Crippen molar-refractivity contribution in [2.75, 3.05) is 32.8 Å². The number of ether oxygens (including phenoxy) is 4. The summed E-state index contributed by atoms with van der Waals surface area (Å²) in [6.07, 6.45) is -1.51. The van der Waals surface area contributed by atoms with Gasteiger partial charge in [0.2, 0.25) is 0 Å². The monoisotopic (exact) mass is 701 g/mol. The molecule has 0 bridgehead atoms. The third kappa shape index (κ3) is 12.9. The predicted molar refractivity (Wildman–Crippen MR) is 194 cm³/mol. The first kappa shape index (κ1) is 38.5.